The molecule has 2 radical (unpaired) electrons. The van der Waals surface area contributed by atoms with Crippen LogP contribution in [0.3, 0.4) is 0 Å². The van der Waals surface area contributed by atoms with E-state index in [9.17, 15) is 0 Å². The zero-order valence-electron chi connectivity index (χ0n) is 18.8. The Morgan fingerprint density at radius 2 is 0.122 bits per heavy atom. The summed E-state index contributed by atoms with van der Waals surface area (Å²) in [5.41, 5.74) is 0. The van der Waals surface area contributed by atoms with E-state index in [2.05, 4.69) is 0 Å². The Morgan fingerprint density at radius 1 is 0.122 bits per heavy atom. The van der Waals surface area contributed by atoms with E-state index in [1.54, 1.807) is 0 Å². The normalized spacial score (nSPS) is 0.878. The van der Waals surface area contributed by atoms with Gasteiger partial charge in [-0.05, 0) is 0 Å². The Kier molecular flexibility index (Phi) is 6440. The van der Waals surface area contributed by atoms with Crippen LogP contribution in [0.5, 0.6) is 0 Å². The maximum absolute atomic E-state index is 6.25. The third-order valence-corrected chi connectivity index (χ3v) is 0. The minimum atomic E-state index is 0. The van der Waals surface area contributed by atoms with Crippen molar-refractivity contribution in [1.29, 1.82) is 94.7 Å². The monoisotopic (exact) mass is 886 g/mol. The Morgan fingerprint density at radius 3 is 0.122 bits per heavy atom. The Bertz CT molecular complexity index is 374. The third-order valence-electron chi connectivity index (χ3n) is 0. The zero-order chi connectivity index (χ0) is 36.0. The molecule has 0 heterocycles. The van der Waals surface area contributed by atoms with Crippen molar-refractivity contribution in [2.75, 3.05) is 0 Å². The molecule has 0 bridgehead atoms. The molecular formula is C18Fe2N18Ru3. The number of hydrogen-bond donors (Lipinski definition) is 0. The van der Waals surface area contributed by atoms with E-state index in [4.69, 9.17) is 213 Å². The third kappa shape index (κ3) is 863. The molecule has 0 aliphatic carbocycles. The molecule has 18 nitrogen and oxygen atoms in total. The number of hydrogen-bond acceptors (Lipinski definition) is 18. The van der Waals surface area contributed by atoms with Gasteiger partial charge in [-0.1, -0.05) is 0 Å². The molecule has 0 aromatic heterocycles. The summed E-state index contributed by atoms with van der Waals surface area (Å²) in [7, 11) is 0. The quantitative estimate of drug-likeness (QED) is 0.247. The van der Waals surface area contributed by atoms with E-state index in [0.29, 0.717) is 0 Å². The van der Waals surface area contributed by atoms with Crippen LogP contribution in [0, 0.1) is 213 Å². The van der Waals surface area contributed by atoms with Gasteiger partial charge >= 0.3 is 92.6 Å². The molecule has 0 spiro atoms. The first-order valence-corrected chi connectivity index (χ1v) is 4.02. The minimum Gasteiger partial charge on any atom is -0.512 e. The summed E-state index contributed by atoms with van der Waals surface area (Å²) in [6.45, 7) is 85.5. The molecule has 0 aliphatic rings. The van der Waals surface area contributed by atoms with Crippen molar-refractivity contribution in [3.8, 4) is 0 Å². The van der Waals surface area contributed by atoms with Crippen molar-refractivity contribution in [2.45, 2.75) is 0 Å². The number of rotatable bonds is 0. The van der Waals surface area contributed by atoms with Crippen molar-refractivity contribution in [2.24, 2.45) is 0 Å². The van der Waals surface area contributed by atoms with Crippen LogP contribution in [0.15, 0.2) is 0 Å². The van der Waals surface area contributed by atoms with Crippen LogP contribution in [0.2, 0.25) is 0 Å². The van der Waals surface area contributed by atoms with E-state index < -0.39 is 0 Å². The van der Waals surface area contributed by atoms with Crippen LogP contribution < -0.4 is 0 Å². The second-order valence-electron chi connectivity index (χ2n) is 0. The van der Waals surface area contributed by atoms with Crippen molar-refractivity contribution in [3.63, 3.8) is 0 Å². The summed E-state index contributed by atoms with van der Waals surface area (Å²) in [6, 6.07) is 0. The van der Waals surface area contributed by atoms with E-state index in [-0.39, 0.29) is 92.6 Å². The first kappa shape index (κ1) is 287. The van der Waals surface area contributed by atoms with Crippen LogP contribution in [0.4, 0.5) is 0 Å². The molecule has 0 fully saturated rings. The molecule has 0 N–H and O–H groups in total. The van der Waals surface area contributed by atoms with Gasteiger partial charge in [0.15, 0.2) is 0 Å². The van der Waals surface area contributed by atoms with Gasteiger partial charge in [-0.3, -0.25) is 0 Å². The molecule has 0 aromatic carbocycles. The maximum atomic E-state index is 6.25. The average molecular weight is 883 g/mol. The topological polar surface area (TPSA) is 428 Å². The van der Waals surface area contributed by atoms with Crippen molar-refractivity contribution < 1.29 is 92.6 Å². The number of nitrogens with zero attached hydrogens (tertiary/aromatic N) is 18. The Hall–Kier alpha value is -6.27. The molecule has 0 rings (SSSR count). The molecule has 0 atom stereocenters. The summed E-state index contributed by atoms with van der Waals surface area (Å²) in [5.74, 6) is 0. The summed E-state index contributed by atoms with van der Waals surface area (Å²) in [4.78, 5) is 0. The van der Waals surface area contributed by atoms with E-state index in [0.717, 1.165) is 0 Å². The van der Waals surface area contributed by atoms with Gasteiger partial charge in [0.25, 0.3) is 0 Å². The Balaban J connectivity index is -0.00000000396. The van der Waals surface area contributed by atoms with Crippen LogP contribution in [-0.4, -0.2) is 0 Å². The molecule has 41 heavy (non-hydrogen) atoms. The zero-order valence-corrected chi connectivity index (χ0v) is 26.2. The van der Waals surface area contributed by atoms with Gasteiger partial charge < -0.3 is 213 Å². The molecule has 23 heteroatoms. The molecule has 0 unspecified atom stereocenters. The van der Waals surface area contributed by atoms with Crippen molar-refractivity contribution in [3.05, 3.63) is 118 Å². The predicted octanol–water partition coefficient (Wildman–Crippen LogP) is 1.72. The van der Waals surface area contributed by atoms with Crippen molar-refractivity contribution in [1.82, 2.24) is 0 Å². The van der Waals surface area contributed by atoms with Crippen LogP contribution in [0.1, 0.15) is 0 Å². The van der Waals surface area contributed by atoms with Gasteiger partial charge in [-0.15, -0.1) is 0 Å². The maximum Gasteiger partial charge on any atom is 4.00 e. The fourth-order valence-electron chi connectivity index (χ4n) is 0. The molecule has 0 amide bonds. The van der Waals surface area contributed by atoms with E-state index in [1.165, 1.54) is 0 Å². The molecule has 0 saturated heterocycles. The fraction of sp³-hybridized carbons (Fsp3) is 0. The van der Waals surface area contributed by atoms with Crippen LogP contribution >= 0.6 is 0 Å². The summed E-state index contributed by atoms with van der Waals surface area (Å²) < 4.78 is 0. The smallest absolute Gasteiger partial charge is 0.512 e. The summed E-state index contributed by atoms with van der Waals surface area (Å²) in [6.07, 6.45) is 0. The summed E-state index contributed by atoms with van der Waals surface area (Å²) in [5, 5.41) is 112. The van der Waals surface area contributed by atoms with E-state index in [1.807, 2.05) is 0 Å². The predicted molar refractivity (Wildman–Crippen MR) is 89.4 cm³/mol. The standard InChI is InChI=1S/18CN.2Fe.3Ru/c18*1-2;;;;;/q18*-1;2*+3;3*+4. The summed E-state index contributed by atoms with van der Waals surface area (Å²) >= 11 is 0. The molecular weight excluding hydrogens is 883 g/mol. The van der Waals surface area contributed by atoms with Gasteiger partial charge in [-0.2, -0.15) is 0 Å². The van der Waals surface area contributed by atoms with E-state index >= 15 is 0 Å². The van der Waals surface area contributed by atoms with Gasteiger partial charge in [0.2, 0.25) is 0 Å². The fourth-order valence-corrected chi connectivity index (χ4v) is 0. The van der Waals surface area contributed by atoms with Gasteiger partial charge in [-0.25, -0.2) is 0 Å². The van der Waals surface area contributed by atoms with Gasteiger partial charge in [0.05, 0.1) is 0 Å². The largest absolute Gasteiger partial charge is 4.00 e. The van der Waals surface area contributed by atoms with Crippen LogP contribution in [-0.2, 0) is 92.6 Å². The molecule has 0 aromatic rings. The molecule has 202 valence electrons. The molecule has 0 saturated carbocycles. The second-order valence-corrected chi connectivity index (χ2v) is 0. The second kappa shape index (κ2) is 919. The first-order valence-electron chi connectivity index (χ1n) is 4.02. The Labute approximate surface area is 303 Å². The van der Waals surface area contributed by atoms with Gasteiger partial charge in [0, 0.05) is 0 Å². The average Bonchev–Trinajstić information content (AvgIpc) is 3.13. The van der Waals surface area contributed by atoms with Gasteiger partial charge in [0.1, 0.15) is 0 Å². The van der Waals surface area contributed by atoms with Crippen LogP contribution in [0.25, 0.3) is 0 Å². The minimum absolute atomic E-state index is 0. The molecule has 0 aliphatic heterocycles. The SMILES string of the molecule is [C-]#N.[C-]#N.[C-]#N.[C-]#N.[C-]#N.[C-]#N.[C-]#N.[C-]#N.[C-]#N.[C-]#N.[C-]#N.[C-]#N.[C-]#N.[C-]#N.[C-]#N.[C-]#N.[C-]#N.[C-]#N.[Fe+3].[Fe+3].[Ru+4].[Ru+4].[Ru+4]. The first-order chi connectivity index (χ1) is 18.0. The van der Waals surface area contributed by atoms with Crippen molar-refractivity contribution >= 4 is 0 Å².